The van der Waals surface area contributed by atoms with Crippen LogP contribution in [-0.2, 0) is 19.4 Å². The molecule has 0 saturated carbocycles. The minimum Gasteiger partial charge on any atom is -0.298 e. The fourth-order valence-electron chi connectivity index (χ4n) is 3.43. The molecule has 1 aliphatic carbocycles. The number of fused-ring (bicyclic) bond motifs is 1. The lowest BCUT2D eigenvalue weighted by Crippen LogP contribution is -2.13. The summed E-state index contributed by atoms with van der Waals surface area (Å²) in [4.78, 5) is 18.6. The monoisotopic (exact) mass is 418 g/mol. The predicted molar refractivity (Wildman–Crippen MR) is 109 cm³/mol. The second-order valence-corrected chi connectivity index (χ2v) is 8.67. The maximum atomic E-state index is 13.1. The van der Waals surface area contributed by atoms with Crippen LogP contribution in [0.2, 0.25) is 5.15 Å². The van der Waals surface area contributed by atoms with Crippen LogP contribution >= 0.6 is 22.9 Å². The normalized spacial score (nSPS) is 16.1. The summed E-state index contributed by atoms with van der Waals surface area (Å²) in [6.07, 6.45) is 3.10. The minimum atomic E-state index is -0.313. The molecule has 2 aromatic heterocycles. The standard InChI is InChI=1S/C20H20ClFN4OS/c1-11-3-8-15-16(9-11)28-20(23-15)24-19(27)17-12(2)25-26(18(17)21)10-13-4-6-14(22)7-5-13/h4-7,11H,3,8-10H2,1-2H3,(H,23,24,27). The first-order chi connectivity index (χ1) is 13.4. The summed E-state index contributed by atoms with van der Waals surface area (Å²) >= 11 is 7.98. The molecule has 4 rings (SSSR count). The van der Waals surface area contributed by atoms with E-state index in [1.807, 2.05) is 0 Å². The number of benzene rings is 1. The van der Waals surface area contributed by atoms with Gasteiger partial charge in [0.1, 0.15) is 11.0 Å². The van der Waals surface area contributed by atoms with Crippen LogP contribution in [0.5, 0.6) is 0 Å². The van der Waals surface area contributed by atoms with E-state index in [9.17, 15) is 9.18 Å². The first kappa shape index (κ1) is 19.1. The van der Waals surface area contributed by atoms with Crippen molar-refractivity contribution in [3.05, 3.63) is 62.6 Å². The van der Waals surface area contributed by atoms with Crippen molar-refractivity contribution in [1.29, 1.82) is 0 Å². The number of hydrogen-bond donors (Lipinski definition) is 1. The highest BCUT2D eigenvalue weighted by molar-refractivity contribution is 7.15. The third-order valence-corrected chi connectivity index (χ3v) is 6.36. The van der Waals surface area contributed by atoms with Crippen molar-refractivity contribution in [3.8, 4) is 0 Å². The summed E-state index contributed by atoms with van der Waals surface area (Å²) in [6.45, 7) is 4.34. The van der Waals surface area contributed by atoms with Crippen LogP contribution in [0.15, 0.2) is 24.3 Å². The minimum absolute atomic E-state index is 0.259. The summed E-state index contributed by atoms with van der Waals surface area (Å²) in [6, 6.07) is 6.11. The number of nitrogens with zero attached hydrogens (tertiary/aromatic N) is 3. The molecule has 28 heavy (non-hydrogen) atoms. The molecular weight excluding hydrogens is 399 g/mol. The third-order valence-electron chi connectivity index (χ3n) is 4.94. The topological polar surface area (TPSA) is 59.8 Å². The number of aryl methyl sites for hydroxylation is 2. The molecular formula is C20H20ClFN4OS. The van der Waals surface area contributed by atoms with Crippen molar-refractivity contribution < 1.29 is 9.18 Å². The number of halogens is 2. The van der Waals surface area contributed by atoms with Gasteiger partial charge in [0.05, 0.1) is 23.5 Å². The van der Waals surface area contributed by atoms with Crippen molar-refractivity contribution >= 4 is 34.0 Å². The number of hydrogen-bond acceptors (Lipinski definition) is 4. The molecule has 1 unspecified atom stereocenters. The van der Waals surface area contributed by atoms with E-state index in [1.165, 1.54) is 28.3 Å². The van der Waals surface area contributed by atoms with E-state index in [1.54, 1.807) is 23.7 Å². The van der Waals surface area contributed by atoms with Gasteiger partial charge in [0.15, 0.2) is 5.13 Å². The molecule has 0 radical (unpaired) electrons. The molecule has 8 heteroatoms. The molecule has 0 spiro atoms. The molecule has 1 aliphatic rings. The van der Waals surface area contributed by atoms with Crippen LogP contribution in [0.4, 0.5) is 9.52 Å². The molecule has 0 bridgehead atoms. The van der Waals surface area contributed by atoms with Gasteiger partial charge in [-0.3, -0.25) is 10.1 Å². The smallest absolute Gasteiger partial charge is 0.262 e. The van der Waals surface area contributed by atoms with Crippen molar-refractivity contribution in [1.82, 2.24) is 14.8 Å². The second kappa shape index (κ2) is 7.64. The Morgan fingerprint density at radius 2 is 2.14 bits per heavy atom. The second-order valence-electron chi connectivity index (χ2n) is 7.23. The van der Waals surface area contributed by atoms with Crippen molar-refractivity contribution in [2.45, 2.75) is 39.7 Å². The molecule has 1 N–H and O–H groups in total. The highest BCUT2D eigenvalue weighted by Gasteiger charge is 2.24. The fourth-order valence-corrected chi connectivity index (χ4v) is 4.92. The van der Waals surface area contributed by atoms with Gasteiger partial charge >= 0.3 is 0 Å². The summed E-state index contributed by atoms with van der Waals surface area (Å²) in [5, 5.41) is 8.12. The predicted octanol–water partition coefficient (Wildman–Crippen LogP) is 4.87. The Balaban J connectivity index is 1.53. The highest BCUT2D eigenvalue weighted by Crippen LogP contribution is 2.32. The molecule has 2 heterocycles. The van der Waals surface area contributed by atoms with Crippen LogP contribution < -0.4 is 5.32 Å². The molecule has 5 nitrogen and oxygen atoms in total. The Labute approximate surface area is 171 Å². The molecule has 0 saturated heterocycles. The molecule has 1 amide bonds. The van der Waals surface area contributed by atoms with Crippen molar-refractivity contribution in [2.75, 3.05) is 5.32 Å². The maximum Gasteiger partial charge on any atom is 0.262 e. The molecule has 1 aromatic carbocycles. The van der Waals surface area contributed by atoms with Gasteiger partial charge in [0.25, 0.3) is 5.91 Å². The zero-order valence-electron chi connectivity index (χ0n) is 15.6. The third kappa shape index (κ3) is 3.82. The molecule has 3 aromatic rings. The van der Waals surface area contributed by atoms with Crippen LogP contribution in [0.25, 0.3) is 0 Å². The van der Waals surface area contributed by atoms with Crippen LogP contribution in [0.1, 0.15) is 45.5 Å². The number of thiazole rings is 1. The van der Waals surface area contributed by atoms with Gasteiger partial charge in [-0.15, -0.1) is 11.3 Å². The fraction of sp³-hybridized carbons (Fsp3) is 0.350. The number of aromatic nitrogens is 3. The average molecular weight is 419 g/mol. The lowest BCUT2D eigenvalue weighted by atomic mass is 9.93. The Hall–Kier alpha value is -2.25. The molecule has 146 valence electrons. The Bertz CT molecular complexity index is 1030. The number of carbonyl (C=O) groups is 1. The molecule has 0 aliphatic heterocycles. The lowest BCUT2D eigenvalue weighted by Gasteiger charge is -2.15. The largest absolute Gasteiger partial charge is 0.298 e. The Morgan fingerprint density at radius 1 is 1.39 bits per heavy atom. The zero-order chi connectivity index (χ0) is 19.8. The molecule has 1 atom stereocenters. The maximum absolute atomic E-state index is 13.1. The van der Waals surface area contributed by atoms with E-state index in [0.717, 1.165) is 30.5 Å². The van der Waals surface area contributed by atoms with Crippen LogP contribution in [0.3, 0.4) is 0 Å². The van der Waals surface area contributed by atoms with Gasteiger partial charge in [-0.25, -0.2) is 14.1 Å². The Morgan fingerprint density at radius 3 is 2.89 bits per heavy atom. The van der Waals surface area contributed by atoms with E-state index in [0.29, 0.717) is 28.9 Å². The van der Waals surface area contributed by atoms with Crippen molar-refractivity contribution in [3.63, 3.8) is 0 Å². The number of amides is 1. The zero-order valence-corrected chi connectivity index (χ0v) is 17.2. The van der Waals surface area contributed by atoms with E-state index in [4.69, 9.17) is 11.6 Å². The van der Waals surface area contributed by atoms with E-state index >= 15 is 0 Å². The van der Waals surface area contributed by atoms with Crippen molar-refractivity contribution in [2.24, 2.45) is 5.92 Å². The van der Waals surface area contributed by atoms with Gasteiger partial charge < -0.3 is 0 Å². The van der Waals surface area contributed by atoms with E-state index < -0.39 is 0 Å². The first-order valence-electron chi connectivity index (χ1n) is 9.18. The lowest BCUT2D eigenvalue weighted by molar-refractivity contribution is 0.102. The van der Waals surface area contributed by atoms with E-state index in [2.05, 4.69) is 22.3 Å². The van der Waals surface area contributed by atoms with Gasteiger partial charge in [-0.05, 0) is 49.8 Å². The molecule has 0 fully saturated rings. The van der Waals surface area contributed by atoms with E-state index in [-0.39, 0.29) is 16.9 Å². The highest BCUT2D eigenvalue weighted by atomic mass is 35.5. The quantitative estimate of drug-likeness (QED) is 0.657. The number of carbonyl (C=O) groups excluding carboxylic acids is 1. The van der Waals surface area contributed by atoms with Gasteiger partial charge in [-0.2, -0.15) is 5.10 Å². The number of rotatable bonds is 4. The summed E-state index contributed by atoms with van der Waals surface area (Å²) < 4.78 is 14.6. The SMILES string of the molecule is Cc1nn(Cc2ccc(F)cc2)c(Cl)c1C(=O)Nc1nc2c(s1)CC(C)CC2. The van der Waals surface area contributed by atoms with Gasteiger partial charge in [0, 0.05) is 4.88 Å². The number of anilines is 1. The summed E-state index contributed by atoms with van der Waals surface area (Å²) in [7, 11) is 0. The van der Waals surface area contributed by atoms with Crippen LogP contribution in [0, 0.1) is 18.7 Å². The van der Waals surface area contributed by atoms with Gasteiger partial charge in [0.2, 0.25) is 0 Å². The van der Waals surface area contributed by atoms with Crippen LogP contribution in [-0.4, -0.2) is 20.7 Å². The first-order valence-corrected chi connectivity index (χ1v) is 10.4. The average Bonchev–Trinajstić information content (AvgIpc) is 3.16. The summed E-state index contributed by atoms with van der Waals surface area (Å²) in [5.74, 6) is 0.0389. The summed E-state index contributed by atoms with van der Waals surface area (Å²) in [5.41, 5.74) is 2.82. The van der Waals surface area contributed by atoms with Gasteiger partial charge in [-0.1, -0.05) is 30.7 Å². The number of nitrogens with one attached hydrogen (secondary N) is 1. The Kier molecular flexibility index (Phi) is 5.21.